The summed E-state index contributed by atoms with van der Waals surface area (Å²) in [4.78, 5) is 0. The number of halogens is 1. The first-order chi connectivity index (χ1) is 8.15. The van der Waals surface area contributed by atoms with E-state index in [0.29, 0.717) is 11.8 Å². The molecule has 0 saturated heterocycles. The van der Waals surface area contributed by atoms with Gasteiger partial charge in [0.05, 0.1) is 0 Å². The summed E-state index contributed by atoms with van der Waals surface area (Å²) >= 11 is 3.64. The monoisotopic (exact) mass is 297 g/mol. The molecule has 0 amide bonds. The zero-order chi connectivity index (χ0) is 12.7. The Morgan fingerprint density at radius 1 is 1.24 bits per heavy atom. The van der Waals surface area contributed by atoms with E-state index >= 15 is 0 Å². The third-order valence-corrected chi connectivity index (χ3v) is 3.99. The second kappa shape index (κ2) is 7.88. The second-order valence-electron chi connectivity index (χ2n) is 5.00. The molecular formula is C15H24BrN. The molecule has 0 radical (unpaired) electrons. The Hall–Kier alpha value is -0.340. The molecular weight excluding hydrogens is 274 g/mol. The van der Waals surface area contributed by atoms with Crippen LogP contribution in [0.4, 0.5) is 0 Å². The van der Waals surface area contributed by atoms with Crippen molar-refractivity contribution < 1.29 is 0 Å². The molecule has 1 aromatic rings. The molecule has 96 valence electrons. The largest absolute Gasteiger partial charge is 0.316 e. The molecule has 2 heteroatoms. The van der Waals surface area contributed by atoms with E-state index in [9.17, 15) is 0 Å². The zero-order valence-corrected chi connectivity index (χ0v) is 12.8. The summed E-state index contributed by atoms with van der Waals surface area (Å²) in [6.07, 6.45) is 2.36. The number of nitrogens with one attached hydrogen (secondary N) is 1. The summed E-state index contributed by atoms with van der Waals surface area (Å²) in [5.74, 6) is 1.42. The van der Waals surface area contributed by atoms with E-state index in [4.69, 9.17) is 0 Å². The molecule has 17 heavy (non-hydrogen) atoms. The van der Waals surface area contributed by atoms with Gasteiger partial charge in [-0.2, -0.15) is 0 Å². The Bertz CT molecular complexity index is 322. The molecule has 1 aromatic carbocycles. The lowest BCUT2D eigenvalue weighted by atomic mass is 9.89. The van der Waals surface area contributed by atoms with Crippen molar-refractivity contribution in [2.24, 2.45) is 11.8 Å². The first-order valence-corrected chi connectivity index (χ1v) is 7.38. The highest BCUT2D eigenvalue weighted by Gasteiger charge is 2.14. The molecule has 0 aliphatic carbocycles. The lowest BCUT2D eigenvalue weighted by Crippen LogP contribution is -2.28. The first-order valence-electron chi connectivity index (χ1n) is 6.59. The molecule has 1 rings (SSSR count). The van der Waals surface area contributed by atoms with Crippen LogP contribution in [0.2, 0.25) is 0 Å². The van der Waals surface area contributed by atoms with Crippen LogP contribution >= 0.6 is 15.9 Å². The molecule has 1 nitrogen and oxygen atoms in total. The number of rotatable bonds is 7. The number of benzene rings is 1. The summed E-state index contributed by atoms with van der Waals surface area (Å²) < 4.78 is 1.24. The van der Waals surface area contributed by atoms with Gasteiger partial charge in [0.25, 0.3) is 0 Å². The molecule has 0 fully saturated rings. The maximum Gasteiger partial charge on any atom is 0.0207 e. The fourth-order valence-corrected chi connectivity index (χ4v) is 2.40. The van der Waals surface area contributed by atoms with E-state index in [1.54, 1.807) is 0 Å². The smallest absolute Gasteiger partial charge is 0.0207 e. The van der Waals surface area contributed by atoms with Gasteiger partial charge >= 0.3 is 0 Å². The van der Waals surface area contributed by atoms with Crippen molar-refractivity contribution in [1.82, 2.24) is 5.32 Å². The van der Waals surface area contributed by atoms with Gasteiger partial charge in [-0.1, -0.05) is 54.9 Å². The van der Waals surface area contributed by atoms with Crippen molar-refractivity contribution in [3.63, 3.8) is 0 Å². The summed E-state index contributed by atoms with van der Waals surface area (Å²) in [6, 6.07) is 8.55. The fraction of sp³-hybridized carbons (Fsp3) is 0.600. The van der Waals surface area contributed by atoms with Crippen molar-refractivity contribution >= 4 is 15.9 Å². The standard InChI is InChI=1S/C15H24BrN/c1-4-9-17-11-14(12(2)3)10-13-7-5-6-8-15(13)16/h5-8,12,14,17H,4,9-11H2,1-3H3. The molecule has 0 saturated carbocycles. The Morgan fingerprint density at radius 2 is 1.94 bits per heavy atom. The van der Waals surface area contributed by atoms with Crippen molar-refractivity contribution in [3.05, 3.63) is 34.3 Å². The molecule has 1 unspecified atom stereocenters. The minimum Gasteiger partial charge on any atom is -0.316 e. The Kier molecular flexibility index (Phi) is 6.83. The lowest BCUT2D eigenvalue weighted by Gasteiger charge is -2.22. The maximum atomic E-state index is 3.64. The molecule has 1 N–H and O–H groups in total. The average Bonchev–Trinajstić information content (AvgIpc) is 2.30. The molecule has 0 aliphatic rings. The van der Waals surface area contributed by atoms with E-state index < -0.39 is 0 Å². The summed E-state index contributed by atoms with van der Waals surface area (Å²) in [6.45, 7) is 9.08. The number of hydrogen-bond acceptors (Lipinski definition) is 1. The zero-order valence-electron chi connectivity index (χ0n) is 11.2. The quantitative estimate of drug-likeness (QED) is 0.742. The molecule has 0 heterocycles. The average molecular weight is 298 g/mol. The van der Waals surface area contributed by atoms with Gasteiger partial charge in [-0.3, -0.25) is 0 Å². The van der Waals surface area contributed by atoms with Crippen LogP contribution in [0.5, 0.6) is 0 Å². The van der Waals surface area contributed by atoms with Gasteiger partial charge in [-0.25, -0.2) is 0 Å². The second-order valence-corrected chi connectivity index (χ2v) is 5.86. The highest BCUT2D eigenvalue weighted by atomic mass is 79.9. The SMILES string of the molecule is CCCNCC(Cc1ccccc1Br)C(C)C. The summed E-state index contributed by atoms with van der Waals surface area (Å²) in [5, 5.41) is 3.54. The van der Waals surface area contributed by atoms with Gasteiger partial charge in [0.15, 0.2) is 0 Å². The molecule has 1 atom stereocenters. The molecule has 0 aliphatic heterocycles. The molecule has 0 aromatic heterocycles. The third-order valence-electron chi connectivity index (χ3n) is 3.22. The van der Waals surface area contributed by atoms with Crippen LogP contribution in [0, 0.1) is 11.8 Å². The van der Waals surface area contributed by atoms with Crippen LogP contribution in [0.3, 0.4) is 0 Å². The van der Waals surface area contributed by atoms with E-state index in [1.807, 2.05) is 0 Å². The molecule has 0 bridgehead atoms. The van der Waals surface area contributed by atoms with Gasteiger partial charge in [0.1, 0.15) is 0 Å². The summed E-state index contributed by atoms with van der Waals surface area (Å²) in [7, 11) is 0. The van der Waals surface area contributed by atoms with Crippen LogP contribution in [-0.2, 0) is 6.42 Å². The maximum absolute atomic E-state index is 3.64. The Morgan fingerprint density at radius 3 is 2.53 bits per heavy atom. The van der Waals surface area contributed by atoms with Crippen LogP contribution in [0.1, 0.15) is 32.8 Å². The van der Waals surface area contributed by atoms with Gasteiger partial charge in [-0.15, -0.1) is 0 Å². The predicted octanol–water partition coefficient (Wildman–Crippen LogP) is 4.26. The predicted molar refractivity (Wildman–Crippen MR) is 79.3 cm³/mol. The molecule has 0 spiro atoms. The normalized spacial score (nSPS) is 13.0. The summed E-state index contributed by atoms with van der Waals surface area (Å²) in [5.41, 5.74) is 1.42. The van der Waals surface area contributed by atoms with Crippen LogP contribution in [-0.4, -0.2) is 13.1 Å². The topological polar surface area (TPSA) is 12.0 Å². The fourth-order valence-electron chi connectivity index (χ4n) is 1.95. The highest BCUT2D eigenvalue weighted by molar-refractivity contribution is 9.10. The van der Waals surface area contributed by atoms with E-state index in [0.717, 1.165) is 19.5 Å². The lowest BCUT2D eigenvalue weighted by molar-refractivity contribution is 0.360. The van der Waals surface area contributed by atoms with Crippen LogP contribution in [0.25, 0.3) is 0 Å². The van der Waals surface area contributed by atoms with Crippen molar-refractivity contribution in [2.45, 2.75) is 33.6 Å². The van der Waals surface area contributed by atoms with Crippen molar-refractivity contribution in [3.8, 4) is 0 Å². The third kappa shape index (κ3) is 5.22. The van der Waals surface area contributed by atoms with Crippen LogP contribution < -0.4 is 5.32 Å². The van der Waals surface area contributed by atoms with E-state index in [-0.39, 0.29) is 0 Å². The minimum atomic E-state index is 0.709. The van der Waals surface area contributed by atoms with E-state index in [1.165, 1.54) is 16.5 Å². The van der Waals surface area contributed by atoms with Gasteiger partial charge < -0.3 is 5.32 Å². The Balaban J connectivity index is 2.57. The van der Waals surface area contributed by atoms with E-state index in [2.05, 4.69) is 66.3 Å². The van der Waals surface area contributed by atoms with Crippen molar-refractivity contribution in [1.29, 1.82) is 0 Å². The Labute approximate surface area is 114 Å². The van der Waals surface area contributed by atoms with Crippen LogP contribution in [0.15, 0.2) is 28.7 Å². The minimum absolute atomic E-state index is 0.709. The van der Waals surface area contributed by atoms with Gasteiger partial charge in [-0.05, 0) is 49.4 Å². The highest BCUT2D eigenvalue weighted by Crippen LogP contribution is 2.22. The van der Waals surface area contributed by atoms with Crippen molar-refractivity contribution in [2.75, 3.05) is 13.1 Å². The first kappa shape index (κ1) is 14.7. The van der Waals surface area contributed by atoms with Gasteiger partial charge in [0.2, 0.25) is 0 Å². The van der Waals surface area contributed by atoms with Gasteiger partial charge in [0, 0.05) is 4.47 Å². The number of hydrogen-bond donors (Lipinski definition) is 1.